The van der Waals surface area contributed by atoms with Crippen molar-refractivity contribution in [3.8, 4) is 0 Å². The molecular formula is C18H34N6O2. The van der Waals surface area contributed by atoms with Crippen LogP contribution in [0.1, 0.15) is 50.7 Å². The van der Waals surface area contributed by atoms with Crippen LogP contribution in [0, 0.1) is 0 Å². The van der Waals surface area contributed by atoms with Crippen LogP contribution in [0.3, 0.4) is 0 Å². The van der Waals surface area contributed by atoms with Crippen LogP contribution < -0.4 is 10.6 Å². The van der Waals surface area contributed by atoms with Crippen molar-refractivity contribution in [1.82, 2.24) is 25.4 Å². The number of aromatic nitrogens is 3. The molecule has 0 saturated heterocycles. The number of guanidine groups is 1. The van der Waals surface area contributed by atoms with Crippen LogP contribution in [0.15, 0.2) is 4.99 Å². The van der Waals surface area contributed by atoms with E-state index < -0.39 is 0 Å². The zero-order chi connectivity index (χ0) is 18.5. The quantitative estimate of drug-likeness (QED) is 0.351. The van der Waals surface area contributed by atoms with Crippen molar-refractivity contribution in [2.45, 2.75) is 58.5 Å². The summed E-state index contributed by atoms with van der Waals surface area (Å²) in [5.74, 6) is 2.83. The zero-order valence-corrected chi connectivity index (χ0v) is 16.3. The Morgan fingerprint density at radius 2 is 1.92 bits per heavy atom. The zero-order valence-electron chi connectivity index (χ0n) is 16.3. The van der Waals surface area contributed by atoms with Gasteiger partial charge in [0, 0.05) is 33.2 Å². The van der Waals surface area contributed by atoms with Gasteiger partial charge in [0.1, 0.15) is 5.82 Å². The van der Waals surface area contributed by atoms with E-state index in [0.29, 0.717) is 32.9 Å². The number of rotatable bonds is 11. The van der Waals surface area contributed by atoms with Crippen molar-refractivity contribution >= 4 is 5.96 Å². The number of nitrogens with one attached hydrogen (secondary N) is 2. The number of nitrogens with zero attached hydrogens (tertiary/aromatic N) is 4. The minimum absolute atomic E-state index is 0.623. The van der Waals surface area contributed by atoms with Crippen molar-refractivity contribution in [2.75, 3.05) is 40.0 Å². The van der Waals surface area contributed by atoms with Crippen molar-refractivity contribution < 1.29 is 9.47 Å². The highest BCUT2D eigenvalue weighted by atomic mass is 16.5. The van der Waals surface area contributed by atoms with Crippen molar-refractivity contribution in [3.63, 3.8) is 0 Å². The van der Waals surface area contributed by atoms with Gasteiger partial charge in [0.25, 0.3) is 0 Å². The van der Waals surface area contributed by atoms with Gasteiger partial charge in [0.05, 0.1) is 26.4 Å². The van der Waals surface area contributed by atoms with Crippen LogP contribution in [-0.4, -0.2) is 60.7 Å². The molecule has 0 amide bonds. The molecule has 26 heavy (non-hydrogen) atoms. The fourth-order valence-corrected chi connectivity index (χ4v) is 2.87. The van der Waals surface area contributed by atoms with E-state index in [0.717, 1.165) is 50.0 Å². The fraction of sp³-hybridized carbons (Fsp3) is 0.833. The predicted molar refractivity (Wildman–Crippen MR) is 102 cm³/mol. The summed E-state index contributed by atoms with van der Waals surface area (Å²) in [4.78, 5) is 4.24. The molecule has 1 aromatic heterocycles. The summed E-state index contributed by atoms with van der Waals surface area (Å²) in [6.45, 7) is 7.23. The van der Waals surface area contributed by atoms with E-state index in [1.165, 1.54) is 19.3 Å². The van der Waals surface area contributed by atoms with E-state index in [-0.39, 0.29) is 0 Å². The lowest BCUT2D eigenvalue weighted by atomic mass is 10.2. The molecule has 8 nitrogen and oxygen atoms in total. The molecule has 1 aromatic rings. The molecule has 0 spiro atoms. The predicted octanol–water partition coefficient (Wildman–Crippen LogP) is 1.50. The second-order valence-electron chi connectivity index (χ2n) is 6.43. The molecule has 0 radical (unpaired) electrons. The maximum atomic E-state index is 5.55. The first-order valence-electron chi connectivity index (χ1n) is 9.86. The summed E-state index contributed by atoms with van der Waals surface area (Å²) >= 11 is 0. The minimum Gasteiger partial charge on any atom is -0.379 e. The molecule has 1 aliphatic rings. The third-order valence-corrected chi connectivity index (χ3v) is 4.38. The normalized spacial score (nSPS) is 14.8. The van der Waals surface area contributed by atoms with Gasteiger partial charge in [-0.3, -0.25) is 4.99 Å². The molecule has 2 heterocycles. The summed E-state index contributed by atoms with van der Waals surface area (Å²) in [6, 6.07) is 0. The van der Waals surface area contributed by atoms with E-state index in [9.17, 15) is 0 Å². The molecule has 0 fully saturated rings. The first kappa shape index (κ1) is 20.6. The highest BCUT2D eigenvalue weighted by Crippen LogP contribution is 2.14. The van der Waals surface area contributed by atoms with Crippen molar-refractivity contribution in [3.05, 3.63) is 11.6 Å². The molecule has 0 aromatic carbocycles. The Morgan fingerprint density at radius 1 is 1.08 bits per heavy atom. The number of hydrogen-bond donors (Lipinski definition) is 2. The number of hydrogen-bond acceptors (Lipinski definition) is 5. The molecule has 0 atom stereocenters. The first-order chi connectivity index (χ1) is 12.8. The molecule has 0 saturated carbocycles. The molecule has 0 unspecified atom stereocenters. The number of fused-ring (bicyclic) bond motifs is 1. The Bertz CT molecular complexity index is 532. The van der Waals surface area contributed by atoms with Crippen molar-refractivity contribution in [1.29, 1.82) is 0 Å². The van der Waals surface area contributed by atoms with Gasteiger partial charge in [-0.1, -0.05) is 19.8 Å². The topological polar surface area (TPSA) is 85.6 Å². The minimum atomic E-state index is 0.623. The molecule has 8 heteroatoms. The SMILES string of the molecule is CCCCOCCOCCNC(=NC)NCc1nnc2n1CCCCC2. The molecule has 148 valence electrons. The average Bonchev–Trinajstić information content (AvgIpc) is 2.89. The second kappa shape index (κ2) is 12.6. The molecule has 0 aliphatic carbocycles. The number of unbranched alkanes of at least 4 members (excludes halogenated alkanes) is 1. The van der Waals surface area contributed by atoms with Gasteiger partial charge in [0.15, 0.2) is 11.8 Å². The fourth-order valence-electron chi connectivity index (χ4n) is 2.87. The Balaban J connectivity index is 1.59. The summed E-state index contributed by atoms with van der Waals surface area (Å²) in [5, 5.41) is 15.2. The molecule has 0 bridgehead atoms. The van der Waals surface area contributed by atoms with Crippen LogP contribution in [0.2, 0.25) is 0 Å². The van der Waals surface area contributed by atoms with Gasteiger partial charge in [-0.2, -0.15) is 0 Å². The van der Waals surface area contributed by atoms with E-state index in [1.807, 2.05) is 0 Å². The Morgan fingerprint density at radius 3 is 2.73 bits per heavy atom. The largest absolute Gasteiger partial charge is 0.379 e. The maximum Gasteiger partial charge on any atom is 0.191 e. The van der Waals surface area contributed by atoms with Gasteiger partial charge in [-0.25, -0.2) is 0 Å². The summed E-state index contributed by atoms with van der Waals surface area (Å²) in [6.07, 6.45) is 6.97. The smallest absolute Gasteiger partial charge is 0.191 e. The van der Waals surface area contributed by atoms with Crippen molar-refractivity contribution in [2.24, 2.45) is 4.99 Å². The number of aryl methyl sites for hydroxylation is 1. The lowest BCUT2D eigenvalue weighted by Crippen LogP contribution is -2.39. The first-order valence-corrected chi connectivity index (χ1v) is 9.86. The van der Waals surface area contributed by atoms with Gasteiger partial charge in [0.2, 0.25) is 0 Å². The third kappa shape index (κ3) is 7.29. The average molecular weight is 367 g/mol. The Labute approximate surface area is 156 Å². The molecule has 2 N–H and O–H groups in total. The van der Waals surface area contributed by atoms with Gasteiger partial charge < -0.3 is 24.7 Å². The lowest BCUT2D eigenvalue weighted by molar-refractivity contribution is 0.0487. The summed E-state index contributed by atoms with van der Waals surface area (Å²) in [7, 11) is 1.77. The van der Waals surface area contributed by atoms with E-state index in [4.69, 9.17) is 9.47 Å². The monoisotopic (exact) mass is 366 g/mol. The van der Waals surface area contributed by atoms with Crippen LogP contribution in [0.4, 0.5) is 0 Å². The van der Waals surface area contributed by atoms with E-state index in [2.05, 4.69) is 37.3 Å². The van der Waals surface area contributed by atoms with Gasteiger partial charge >= 0.3 is 0 Å². The lowest BCUT2D eigenvalue weighted by Gasteiger charge is -2.13. The Kier molecular flexibility index (Phi) is 10.0. The summed E-state index contributed by atoms with van der Waals surface area (Å²) < 4.78 is 13.3. The number of ether oxygens (including phenoxy) is 2. The van der Waals surface area contributed by atoms with Gasteiger partial charge in [-0.15, -0.1) is 10.2 Å². The molecule has 1 aliphatic heterocycles. The highest BCUT2D eigenvalue weighted by Gasteiger charge is 2.14. The Hall–Kier alpha value is -1.67. The molecule has 2 rings (SSSR count). The molecular weight excluding hydrogens is 332 g/mol. The summed E-state index contributed by atoms with van der Waals surface area (Å²) in [5.41, 5.74) is 0. The maximum absolute atomic E-state index is 5.55. The second-order valence-corrected chi connectivity index (χ2v) is 6.43. The van der Waals surface area contributed by atoms with E-state index in [1.54, 1.807) is 7.05 Å². The van der Waals surface area contributed by atoms with Crippen LogP contribution in [-0.2, 0) is 29.0 Å². The van der Waals surface area contributed by atoms with Gasteiger partial charge in [-0.05, 0) is 19.3 Å². The van der Waals surface area contributed by atoms with Crippen LogP contribution >= 0.6 is 0 Å². The van der Waals surface area contributed by atoms with Crippen LogP contribution in [0.25, 0.3) is 0 Å². The number of aliphatic imine (C=N–C) groups is 1. The van der Waals surface area contributed by atoms with Crippen LogP contribution in [0.5, 0.6) is 0 Å². The highest BCUT2D eigenvalue weighted by molar-refractivity contribution is 5.79. The van der Waals surface area contributed by atoms with E-state index >= 15 is 0 Å². The standard InChI is InChI=1S/C18H34N6O2/c1-3-4-11-25-13-14-26-12-9-20-18(19-2)21-15-17-23-22-16-8-6-5-7-10-24(16)17/h3-15H2,1-2H3,(H2,19,20,21). The third-order valence-electron chi connectivity index (χ3n) is 4.38.